The smallest absolute Gasteiger partial charge is 0.228 e. The van der Waals surface area contributed by atoms with Gasteiger partial charge in [-0.15, -0.1) is 0 Å². The molecule has 1 heterocycles. The van der Waals surface area contributed by atoms with Crippen LogP contribution in [0.2, 0.25) is 0 Å². The zero-order valence-electron chi connectivity index (χ0n) is 10.9. The maximum atomic E-state index is 11.9. The first-order valence-corrected chi connectivity index (χ1v) is 7.68. The Hall–Kier alpha value is -1.86. The molecule has 7 heteroatoms. The number of nitrogens with two attached hydrogens (primary N) is 1. The van der Waals surface area contributed by atoms with E-state index in [1.807, 2.05) is 0 Å². The molecule has 0 aromatic heterocycles. The minimum absolute atomic E-state index is 0.0720. The Morgan fingerprint density at radius 3 is 2.85 bits per heavy atom. The first kappa shape index (κ1) is 14.5. The fraction of sp³-hybridized carbons (Fsp3) is 0.308. The van der Waals surface area contributed by atoms with Crippen molar-refractivity contribution < 1.29 is 17.9 Å². The van der Waals surface area contributed by atoms with E-state index < -0.39 is 15.3 Å². The molecule has 6 nitrogen and oxygen atoms in total. The van der Waals surface area contributed by atoms with E-state index in [1.54, 1.807) is 30.3 Å². The first-order valence-electron chi connectivity index (χ1n) is 6.07. The molecule has 1 saturated heterocycles. The monoisotopic (exact) mass is 296 g/mol. The van der Waals surface area contributed by atoms with Gasteiger partial charge >= 0.3 is 0 Å². The van der Waals surface area contributed by atoms with E-state index in [0.717, 1.165) is 0 Å². The molecule has 1 fully saturated rings. The van der Waals surface area contributed by atoms with E-state index in [9.17, 15) is 13.2 Å². The summed E-state index contributed by atoms with van der Waals surface area (Å²) < 4.78 is 28.0. The molecule has 0 saturated carbocycles. The van der Waals surface area contributed by atoms with Gasteiger partial charge in [-0.3, -0.25) is 4.79 Å². The van der Waals surface area contributed by atoms with Gasteiger partial charge in [0.05, 0.1) is 0 Å². The number of hydrogen-bond acceptors (Lipinski definition) is 4. The van der Waals surface area contributed by atoms with Crippen LogP contribution in [0.15, 0.2) is 36.9 Å². The van der Waals surface area contributed by atoms with Gasteiger partial charge in [0.2, 0.25) is 15.9 Å². The normalized spacial score (nSPS) is 19.1. The predicted molar refractivity (Wildman–Crippen MR) is 76.0 cm³/mol. The summed E-state index contributed by atoms with van der Waals surface area (Å²) in [4.78, 5) is 13.3. The van der Waals surface area contributed by atoms with Gasteiger partial charge in [0.1, 0.15) is 17.6 Å². The van der Waals surface area contributed by atoms with E-state index >= 15 is 0 Å². The number of ether oxygens (including phenoxy) is 1. The molecule has 20 heavy (non-hydrogen) atoms. The van der Waals surface area contributed by atoms with Crippen molar-refractivity contribution in [1.29, 1.82) is 0 Å². The van der Waals surface area contributed by atoms with Crippen LogP contribution in [-0.4, -0.2) is 32.7 Å². The number of hydrogen-bond donors (Lipinski definition) is 1. The third-order valence-electron chi connectivity index (χ3n) is 3.05. The van der Waals surface area contributed by atoms with Gasteiger partial charge in [0, 0.05) is 24.7 Å². The number of carbonyl (C=O) groups excluding carboxylic acids is 1. The van der Waals surface area contributed by atoms with Crippen molar-refractivity contribution in [3.63, 3.8) is 0 Å². The van der Waals surface area contributed by atoms with Gasteiger partial charge in [-0.2, -0.15) is 0 Å². The Bertz CT molecular complexity index is 627. The van der Waals surface area contributed by atoms with E-state index in [-0.39, 0.29) is 18.9 Å². The number of carbonyl (C=O) groups is 1. The standard InChI is InChI=1S/C13H16N2O4S/c1-2-6-19-11-5-3-4-10(7-11)15-9-12(8-13(15)16)20(14,17)18/h2-5,7,12H,1,6,8-9H2,(H2,14,17,18). The third kappa shape index (κ3) is 3.17. The lowest BCUT2D eigenvalue weighted by Crippen LogP contribution is -2.32. The number of rotatable bonds is 5. The van der Waals surface area contributed by atoms with Crippen molar-refractivity contribution >= 4 is 21.6 Å². The van der Waals surface area contributed by atoms with E-state index in [4.69, 9.17) is 9.88 Å². The molecule has 1 atom stereocenters. The van der Waals surface area contributed by atoms with Crippen LogP contribution < -0.4 is 14.8 Å². The van der Waals surface area contributed by atoms with E-state index in [1.165, 1.54) is 4.90 Å². The molecule has 1 aliphatic heterocycles. The van der Waals surface area contributed by atoms with Gasteiger partial charge in [0.25, 0.3) is 0 Å². The van der Waals surface area contributed by atoms with E-state index in [0.29, 0.717) is 18.0 Å². The van der Waals surface area contributed by atoms with Crippen molar-refractivity contribution in [3.05, 3.63) is 36.9 Å². The van der Waals surface area contributed by atoms with Crippen LogP contribution in [0.3, 0.4) is 0 Å². The second kappa shape index (κ2) is 5.64. The van der Waals surface area contributed by atoms with Crippen molar-refractivity contribution in [2.45, 2.75) is 11.7 Å². The number of primary sulfonamides is 1. The second-order valence-electron chi connectivity index (χ2n) is 4.52. The van der Waals surface area contributed by atoms with Crippen molar-refractivity contribution in [2.75, 3.05) is 18.1 Å². The van der Waals surface area contributed by atoms with Gasteiger partial charge in [0.15, 0.2) is 0 Å². The molecule has 0 aliphatic carbocycles. The van der Waals surface area contributed by atoms with E-state index in [2.05, 4.69) is 6.58 Å². The maximum Gasteiger partial charge on any atom is 0.228 e. The van der Waals surface area contributed by atoms with Crippen LogP contribution in [0.1, 0.15) is 6.42 Å². The van der Waals surface area contributed by atoms with Crippen LogP contribution in [0.5, 0.6) is 5.75 Å². The minimum Gasteiger partial charge on any atom is -0.489 e. The van der Waals surface area contributed by atoms with Gasteiger partial charge in [-0.1, -0.05) is 18.7 Å². The van der Waals surface area contributed by atoms with Crippen LogP contribution in [-0.2, 0) is 14.8 Å². The number of nitrogens with zero attached hydrogens (tertiary/aromatic N) is 1. The summed E-state index contributed by atoms with van der Waals surface area (Å²) in [6, 6.07) is 6.91. The summed E-state index contributed by atoms with van der Waals surface area (Å²) in [5, 5.41) is 4.24. The number of sulfonamides is 1. The summed E-state index contributed by atoms with van der Waals surface area (Å²) in [5.74, 6) is 0.333. The average Bonchev–Trinajstić information content (AvgIpc) is 2.79. The van der Waals surface area contributed by atoms with Gasteiger partial charge < -0.3 is 9.64 Å². The zero-order valence-corrected chi connectivity index (χ0v) is 11.7. The molecular weight excluding hydrogens is 280 g/mol. The Morgan fingerprint density at radius 2 is 2.25 bits per heavy atom. The molecule has 0 bridgehead atoms. The summed E-state index contributed by atoms with van der Waals surface area (Å²) >= 11 is 0. The predicted octanol–water partition coefficient (Wildman–Crippen LogP) is 0.645. The topological polar surface area (TPSA) is 89.7 Å². The molecule has 108 valence electrons. The Kier molecular flexibility index (Phi) is 4.10. The quantitative estimate of drug-likeness (QED) is 0.808. The lowest BCUT2D eigenvalue weighted by atomic mass is 10.3. The minimum atomic E-state index is -3.71. The molecule has 0 radical (unpaired) electrons. The van der Waals surface area contributed by atoms with Gasteiger partial charge in [-0.05, 0) is 12.1 Å². The Morgan fingerprint density at radius 1 is 1.50 bits per heavy atom. The molecule has 2 rings (SSSR count). The molecule has 0 spiro atoms. The van der Waals surface area contributed by atoms with Crippen molar-refractivity contribution in [2.24, 2.45) is 5.14 Å². The highest BCUT2D eigenvalue weighted by molar-refractivity contribution is 7.89. The average molecular weight is 296 g/mol. The van der Waals surface area contributed by atoms with Crippen LogP contribution >= 0.6 is 0 Å². The summed E-state index contributed by atoms with van der Waals surface area (Å²) in [5.41, 5.74) is 0.600. The highest BCUT2D eigenvalue weighted by Gasteiger charge is 2.37. The molecule has 1 aliphatic rings. The maximum absolute atomic E-state index is 11.9. The molecule has 1 aromatic carbocycles. The van der Waals surface area contributed by atoms with Crippen LogP contribution in [0, 0.1) is 0 Å². The van der Waals surface area contributed by atoms with Crippen molar-refractivity contribution in [3.8, 4) is 5.75 Å². The molecular formula is C13H16N2O4S. The zero-order chi connectivity index (χ0) is 14.8. The highest BCUT2D eigenvalue weighted by Crippen LogP contribution is 2.27. The fourth-order valence-corrected chi connectivity index (χ4v) is 2.77. The van der Waals surface area contributed by atoms with Crippen LogP contribution in [0.4, 0.5) is 5.69 Å². The number of anilines is 1. The Balaban J connectivity index is 2.19. The van der Waals surface area contributed by atoms with Crippen LogP contribution in [0.25, 0.3) is 0 Å². The number of amides is 1. The lowest BCUT2D eigenvalue weighted by Gasteiger charge is -2.17. The summed E-state index contributed by atoms with van der Waals surface area (Å²) in [7, 11) is -3.71. The first-order chi connectivity index (χ1) is 9.41. The second-order valence-corrected chi connectivity index (χ2v) is 6.36. The lowest BCUT2D eigenvalue weighted by molar-refractivity contribution is -0.117. The van der Waals surface area contributed by atoms with Gasteiger partial charge in [-0.25, -0.2) is 13.6 Å². The summed E-state index contributed by atoms with van der Waals surface area (Å²) in [6.07, 6.45) is 1.53. The summed E-state index contributed by atoms with van der Waals surface area (Å²) in [6.45, 7) is 3.98. The molecule has 2 N–H and O–H groups in total. The Labute approximate surface area is 117 Å². The molecule has 1 unspecified atom stereocenters. The third-order valence-corrected chi connectivity index (χ3v) is 4.30. The SMILES string of the molecule is C=CCOc1cccc(N2CC(S(N)(=O)=O)CC2=O)c1. The molecule has 1 amide bonds. The largest absolute Gasteiger partial charge is 0.489 e. The number of benzene rings is 1. The van der Waals surface area contributed by atoms with Crippen molar-refractivity contribution in [1.82, 2.24) is 0 Å². The highest BCUT2D eigenvalue weighted by atomic mass is 32.2. The molecule has 1 aromatic rings. The fourth-order valence-electron chi connectivity index (χ4n) is 2.04.